The van der Waals surface area contributed by atoms with E-state index in [-0.39, 0.29) is 0 Å². The van der Waals surface area contributed by atoms with Crippen molar-refractivity contribution < 1.29 is 0 Å². The minimum absolute atomic E-state index is 0.421. The SMILES string of the molecule is CC[C@@H]1[C@H]2Cc3ccccc3[C@]1(C)CCN2CCC1CC1. The first-order valence-electron chi connectivity index (χ1n) is 9.05. The van der Waals surface area contributed by atoms with Gasteiger partial charge in [-0.25, -0.2) is 0 Å². The van der Waals surface area contributed by atoms with Gasteiger partial charge in [-0.15, -0.1) is 0 Å². The number of hydrogen-bond acceptors (Lipinski definition) is 1. The summed E-state index contributed by atoms with van der Waals surface area (Å²) in [5.41, 5.74) is 3.71. The van der Waals surface area contributed by atoms with Crippen molar-refractivity contribution in [3.05, 3.63) is 35.4 Å². The summed E-state index contributed by atoms with van der Waals surface area (Å²) >= 11 is 0. The van der Waals surface area contributed by atoms with Gasteiger partial charge in [0.2, 0.25) is 0 Å². The van der Waals surface area contributed by atoms with Crippen molar-refractivity contribution in [2.45, 2.75) is 63.8 Å². The van der Waals surface area contributed by atoms with Gasteiger partial charge < -0.3 is 0 Å². The standard InChI is InChI=1S/C20H29N/c1-3-17-19-14-16-6-4-5-7-18(16)20(17,2)11-13-21(19)12-10-15-8-9-15/h4-7,15,17,19H,3,8-14H2,1-2H3/t17-,19-,20-/m1/s1. The van der Waals surface area contributed by atoms with Crippen LogP contribution in [0.4, 0.5) is 0 Å². The molecule has 2 aliphatic carbocycles. The number of rotatable bonds is 4. The summed E-state index contributed by atoms with van der Waals surface area (Å²) in [6.45, 7) is 7.63. The minimum Gasteiger partial charge on any atom is -0.300 e. The summed E-state index contributed by atoms with van der Waals surface area (Å²) < 4.78 is 0. The first-order chi connectivity index (χ1) is 10.2. The van der Waals surface area contributed by atoms with Crippen LogP contribution < -0.4 is 0 Å². The maximum Gasteiger partial charge on any atom is 0.0172 e. The van der Waals surface area contributed by atoms with Crippen molar-refractivity contribution in [2.75, 3.05) is 13.1 Å². The van der Waals surface area contributed by atoms with E-state index in [2.05, 4.69) is 43.0 Å². The molecule has 1 saturated heterocycles. The Balaban J connectivity index is 1.64. The largest absolute Gasteiger partial charge is 0.300 e. The summed E-state index contributed by atoms with van der Waals surface area (Å²) in [6.07, 6.45) is 8.41. The van der Waals surface area contributed by atoms with Crippen molar-refractivity contribution in [3.63, 3.8) is 0 Å². The van der Waals surface area contributed by atoms with Gasteiger partial charge in [-0.3, -0.25) is 4.90 Å². The molecule has 2 bridgehead atoms. The molecule has 21 heavy (non-hydrogen) atoms. The molecule has 2 fully saturated rings. The van der Waals surface area contributed by atoms with Crippen molar-refractivity contribution in [1.82, 2.24) is 4.90 Å². The number of fused-ring (bicyclic) bond motifs is 4. The topological polar surface area (TPSA) is 3.24 Å². The Morgan fingerprint density at radius 1 is 1.24 bits per heavy atom. The first kappa shape index (κ1) is 13.8. The molecule has 3 atom stereocenters. The van der Waals surface area contributed by atoms with Crippen LogP contribution in [0.2, 0.25) is 0 Å². The highest BCUT2D eigenvalue weighted by atomic mass is 15.2. The van der Waals surface area contributed by atoms with Gasteiger partial charge in [-0.05, 0) is 60.7 Å². The molecule has 1 heteroatoms. The average Bonchev–Trinajstić information content (AvgIpc) is 3.31. The number of benzene rings is 1. The van der Waals surface area contributed by atoms with Crippen LogP contribution in [-0.2, 0) is 11.8 Å². The van der Waals surface area contributed by atoms with E-state index in [9.17, 15) is 0 Å². The lowest BCUT2D eigenvalue weighted by atomic mass is 9.57. The Hall–Kier alpha value is -0.820. The molecule has 1 nitrogen and oxygen atoms in total. The smallest absolute Gasteiger partial charge is 0.0172 e. The Kier molecular flexibility index (Phi) is 3.37. The molecule has 3 aliphatic rings. The molecule has 0 aromatic heterocycles. The highest BCUT2D eigenvalue weighted by Crippen LogP contribution is 2.50. The molecular weight excluding hydrogens is 254 g/mol. The zero-order chi connectivity index (χ0) is 14.4. The molecule has 0 amide bonds. The zero-order valence-electron chi connectivity index (χ0n) is 13.6. The maximum atomic E-state index is 2.85. The third-order valence-corrected chi connectivity index (χ3v) is 6.69. The van der Waals surface area contributed by atoms with Crippen molar-refractivity contribution in [1.29, 1.82) is 0 Å². The molecule has 1 saturated carbocycles. The second-order valence-electron chi connectivity index (χ2n) is 7.88. The van der Waals surface area contributed by atoms with Crippen LogP contribution in [0.3, 0.4) is 0 Å². The minimum atomic E-state index is 0.421. The average molecular weight is 283 g/mol. The number of likely N-dealkylation sites (tertiary alicyclic amines) is 1. The van der Waals surface area contributed by atoms with E-state index >= 15 is 0 Å². The summed E-state index contributed by atoms with van der Waals surface area (Å²) in [6, 6.07) is 10.1. The van der Waals surface area contributed by atoms with Crippen LogP contribution in [0, 0.1) is 11.8 Å². The lowest BCUT2D eigenvalue weighted by Gasteiger charge is -2.55. The van der Waals surface area contributed by atoms with Gasteiger partial charge in [0.1, 0.15) is 0 Å². The van der Waals surface area contributed by atoms with Crippen LogP contribution in [0.25, 0.3) is 0 Å². The first-order valence-corrected chi connectivity index (χ1v) is 9.05. The third-order valence-electron chi connectivity index (χ3n) is 6.69. The second-order valence-corrected chi connectivity index (χ2v) is 7.88. The number of piperidine rings is 1. The van der Waals surface area contributed by atoms with Crippen molar-refractivity contribution in [3.8, 4) is 0 Å². The summed E-state index contributed by atoms with van der Waals surface area (Å²) in [7, 11) is 0. The molecule has 0 unspecified atom stereocenters. The number of hydrogen-bond donors (Lipinski definition) is 0. The van der Waals surface area contributed by atoms with Gasteiger partial charge in [0.05, 0.1) is 0 Å². The lowest BCUT2D eigenvalue weighted by Crippen LogP contribution is -2.58. The van der Waals surface area contributed by atoms with Gasteiger partial charge in [0.25, 0.3) is 0 Å². The van der Waals surface area contributed by atoms with E-state index in [1.54, 1.807) is 11.1 Å². The van der Waals surface area contributed by atoms with Crippen LogP contribution in [0.15, 0.2) is 24.3 Å². The fourth-order valence-electron chi connectivity index (χ4n) is 5.25. The fourth-order valence-corrected chi connectivity index (χ4v) is 5.25. The molecule has 0 radical (unpaired) electrons. The Morgan fingerprint density at radius 3 is 2.81 bits per heavy atom. The van der Waals surface area contributed by atoms with Gasteiger partial charge in [0.15, 0.2) is 0 Å². The van der Waals surface area contributed by atoms with Gasteiger partial charge >= 0.3 is 0 Å². The molecule has 114 valence electrons. The summed E-state index contributed by atoms with van der Waals surface area (Å²) in [5, 5.41) is 0. The summed E-state index contributed by atoms with van der Waals surface area (Å²) in [4.78, 5) is 2.85. The van der Waals surface area contributed by atoms with E-state index < -0.39 is 0 Å². The van der Waals surface area contributed by atoms with Gasteiger partial charge in [-0.1, -0.05) is 57.4 Å². The third kappa shape index (κ3) is 2.25. The van der Waals surface area contributed by atoms with Crippen molar-refractivity contribution in [2.24, 2.45) is 11.8 Å². The molecule has 1 aliphatic heterocycles. The second kappa shape index (κ2) is 5.12. The number of nitrogens with zero attached hydrogens (tertiary/aromatic N) is 1. The molecule has 1 aromatic carbocycles. The van der Waals surface area contributed by atoms with E-state index in [1.807, 2.05) is 0 Å². The van der Waals surface area contributed by atoms with E-state index in [4.69, 9.17) is 0 Å². The van der Waals surface area contributed by atoms with Gasteiger partial charge in [0, 0.05) is 6.04 Å². The maximum absolute atomic E-state index is 2.85. The van der Waals surface area contributed by atoms with E-state index in [0.717, 1.165) is 17.9 Å². The molecule has 0 spiro atoms. The zero-order valence-corrected chi connectivity index (χ0v) is 13.6. The Bertz CT molecular complexity index is 518. The highest BCUT2D eigenvalue weighted by molar-refractivity contribution is 5.39. The van der Waals surface area contributed by atoms with Gasteiger partial charge in [-0.2, -0.15) is 0 Å². The molecular formula is C20H29N. The monoisotopic (exact) mass is 283 g/mol. The fraction of sp³-hybridized carbons (Fsp3) is 0.700. The Morgan fingerprint density at radius 2 is 2.05 bits per heavy atom. The van der Waals surface area contributed by atoms with E-state index in [0.29, 0.717) is 5.41 Å². The summed E-state index contributed by atoms with van der Waals surface area (Å²) in [5.74, 6) is 1.91. The molecule has 1 aromatic rings. The Labute approximate surface area is 129 Å². The predicted molar refractivity (Wildman–Crippen MR) is 88.6 cm³/mol. The van der Waals surface area contributed by atoms with Crippen LogP contribution in [0.1, 0.15) is 57.1 Å². The van der Waals surface area contributed by atoms with Crippen molar-refractivity contribution >= 4 is 0 Å². The van der Waals surface area contributed by atoms with Crippen LogP contribution in [-0.4, -0.2) is 24.0 Å². The quantitative estimate of drug-likeness (QED) is 0.791. The highest BCUT2D eigenvalue weighted by Gasteiger charge is 2.49. The molecule has 1 heterocycles. The predicted octanol–water partition coefficient (Wildman–Crippen LogP) is 4.40. The lowest BCUT2D eigenvalue weighted by molar-refractivity contribution is 0.0184. The van der Waals surface area contributed by atoms with Crippen LogP contribution >= 0.6 is 0 Å². The molecule has 0 N–H and O–H groups in total. The van der Waals surface area contributed by atoms with E-state index in [1.165, 1.54) is 51.6 Å². The normalized spacial score (nSPS) is 35.5. The molecule has 4 rings (SSSR count). The van der Waals surface area contributed by atoms with Crippen LogP contribution in [0.5, 0.6) is 0 Å².